The highest BCUT2D eigenvalue weighted by molar-refractivity contribution is 7.99. The van der Waals surface area contributed by atoms with E-state index in [0.717, 1.165) is 29.5 Å². The Kier molecular flexibility index (Phi) is 7.01. The molecule has 6 nitrogen and oxygen atoms in total. The first-order valence-corrected chi connectivity index (χ1v) is 9.95. The van der Waals surface area contributed by atoms with Crippen LogP contribution >= 0.6 is 11.8 Å². The number of hydrogen-bond donors (Lipinski definition) is 1. The van der Waals surface area contributed by atoms with Crippen molar-refractivity contribution in [3.8, 4) is 22.8 Å². The largest absolute Gasteiger partial charge is 0.493 e. The Bertz CT molecular complexity index is 1060. The number of halogens is 3. The summed E-state index contributed by atoms with van der Waals surface area (Å²) in [7, 11) is 3.09. The minimum Gasteiger partial charge on any atom is -0.493 e. The molecule has 0 unspecified atom stereocenters. The number of nitrogens with one attached hydrogen (secondary N) is 1. The van der Waals surface area contributed by atoms with Crippen LogP contribution in [0.15, 0.2) is 59.6 Å². The van der Waals surface area contributed by atoms with Gasteiger partial charge in [-0.05, 0) is 48.5 Å². The maximum atomic E-state index is 12.8. The topological polar surface area (TPSA) is 73.3 Å². The van der Waals surface area contributed by atoms with Crippen molar-refractivity contribution in [2.45, 2.75) is 11.2 Å². The second-order valence-corrected chi connectivity index (χ2v) is 7.24. The SMILES string of the molecule is COc1ccc(-c2ccc(SCC(=O)Nc3cccc(C(F)(F)F)c3)nn2)cc1OC. The van der Waals surface area contributed by atoms with Crippen LogP contribution in [0.4, 0.5) is 18.9 Å². The summed E-state index contributed by atoms with van der Waals surface area (Å²) in [5, 5.41) is 11.2. The van der Waals surface area contributed by atoms with Crippen LogP contribution in [0.5, 0.6) is 11.5 Å². The monoisotopic (exact) mass is 449 g/mol. The predicted molar refractivity (Wildman–Crippen MR) is 111 cm³/mol. The van der Waals surface area contributed by atoms with E-state index in [1.54, 1.807) is 31.4 Å². The van der Waals surface area contributed by atoms with E-state index in [9.17, 15) is 18.0 Å². The van der Waals surface area contributed by atoms with Crippen LogP contribution in [-0.4, -0.2) is 36.1 Å². The summed E-state index contributed by atoms with van der Waals surface area (Å²) >= 11 is 1.12. The van der Waals surface area contributed by atoms with Gasteiger partial charge in [0.25, 0.3) is 0 Å². The smallest absolute Gasteiger partial charge is 0.416 e. The molecule has 0 saturated carbocycles. The van der Waals surface area contributed by atoms with Crippen LogP contribution in [-0.2, 0) is 11.0 Å². The van der Waals surface area contributed by atoms with Gasteiger partial charge < -0.3 is 14.8 Å². The van der Waals surface area contributed by atoms with Crippen molar-refractivity contribution < 1.29 is 27.4 Å². The molecule has 2 aromatic carbocycles. The second kappa shape index (κ2) is 9.69. The van der Waals surface area contributed by atoms with E-state index in [0.29, 0.717) is 22.2 Å². The van der Waals surface area contributed by atoms with Gasteiger partial charge in [0.1, 0.15) is 5.03 Å². The number of thioether (sulfide) groups is 1. The average Bonchev–Trinajstić information content (AvgIpc) is 2.77. The molecule has 10 heteroatoms. The average molecular weight is 449 g/mol. The molecule has 162 valence electrons. The number of carbonyl (C=O) groups excluding carboxylic acids is 1. The first kappa shape index (κ1) is 22.4. The zero-order valence-corrected chi connectivity index (χ0v) is 17.4. The first-order chi connectivity index (χ1) is 14.8. The Morgan fingerprint density at radius 1 is 1.00 bits per heavy atom. The highest BCUT2D eigenvalue weighted by Crippen LogP contribution is 2.32. The van der Waals surface area contributed by atoms with Gasteiger partial charge in [-0.1, -0.05) is 17.8 Å². The van der Waals surface area contributed by atoms with Crippen LogP contribution in [0.2, 0.25) is 0 Å². The molecule has 0 fully saturated rings. The Morgan fingerprint density at radius 3 is 2.42 bits per heavy atom. The lowest BCUT2D eigenvalue weighted by atomic mass is 10.1. The van der Waals surface area contributed by atoms with Gasteiger partial charge in [-0.15, -0.1) is 10.2 Å². The number of anilines is 1. The molecule has 1 heterocycles. The number of rotatable bonds is 7. The number of alkyl halides is 3. The van der Waals surface area contributed by atoms with E-state index >= 15 is 0 Å². The van der Waals surface area contributed by atoms with Crippen molar-refractivity contribution in [2.24, 2.45) is 0 Å². The molecule has 1 amide bonds. The van der Waals surface area contributed by atoms with Crippen LogP contribution < -0.4 is 14.8 Å². The quantitative estimate of drug-likeness (QED) is 0.517. The highest BCUT2D eigenvalue weighted by atomic mass is 32.2. The summed E-state index contributed by atoms with van der Waals surface area (Å²) in [6.45, 7) is 0. The van der Waals surface area contributed by atoms with Crippen molar-refractivity contribution in [3.05, 3.63) is 60.2 Å². The normalized spacial score (nSPS) is 11.1. The Morgan fingerprint density at radius 2 is 1.77 bits per heavy atom. The number of nitrogens with zero attached hydrogens (tertiary/aromatic N) is 2. The van der Waals surface area contributed by atoms with E-state index in [-0.39, 0.29) is 11.4 Å². The Hall–Kier alpha value is -3.27. The fourth-order valence-corrected chi connectivity index (χ4v) is 3.27. The van der Waals surface area contributed by atoms with Gasteiger partial charge in [0.05, 0.1) is 31.2 Å². The third-order valence-corrected chi connectivity index (χ3v) is 5.06. The zero-order valence-electron chi connectivity index (χ0n) is 16.6. The van der Waals surface area contributed by atoms with Crippen LogP contribution in [0.1, 0.15) is 5.56 Å². The van der Waals surface area contributed by atoms with E-state index in [1.807, 2.05) is 6.07 Å². The number of aromatic nitrogens is 2. The van der Waals surface area contributed by atoms with E-state index in [4.69, 9.17) is 9.47 Å². The van der Waals surface area contributed by atoms with Crippen molar-refractivity contribution in [3.63, 3.8) is 0 Å². The number of methoxy groups -OCH3 is 2. The molecule has 0 aliphatic heterocycles. The molecule has 0 radical (unpaired) electrons. The van der Waals surface area contributed by atoms with Gasteiger partial charge in [-0.25, -0.2) is 0 Å². The van der Waals surface area contributed by atoms with Crippen molar-refractivity contribution in [1.29, 1.82) is 0 Å². The fourth-order valence-electron chi connectivity index (χ4n) is 2.66. The van der Waals surface area contributed by atoms with Gasteiger partial charge in [-0.3, -0.25) is 4.79 Å². The molecule has 0 atom stereocenters. The number of amides is 1. The second-order valence-electron chi connectivity index (χ2n) is 6.24. The molecule has 31 heavy (non-hydrogen) atoms. The molecule has 1 N–H and O–H groups in total. The van der Waals surface area contributed by atoms with Gasteiger partial charge >= 0.3 is 6.18 Å². The lowest BCUT2D eigenvalue weighted by Gasteiger charge is -2.10. The number of benzene rings is 2. The van der Waals surface area contributed by atoms with Gasteiger partial charge in [0.2, 0.25) is 5.91 Å². The minimum absolute atomic E-state index is 0.0272. The van der Waals surface area contributed by atoms with E-state index < -0.39 is 17.6 Å². The van der Waals surface area contributed by atoms with Crippen LogP contribution in [0.25, 0.3) is 11.3 Å². The van der Waals surface area contributed by atoms with Crippen molar-refractivity contribution in [1.82, 2.24) is 10.2 Å². The lowest BCUT2D eigenvalue weighted by Crippen LogP contribution is -2.15. The Labute approximate surface area is 180 Å². The number of ether oxygens (including phenoxy) is 2. The van der Waals surface area contributed by atoms with Crippen LogP contribution in [0.3, 0.4) is 0 Å². The fraction of sp³-hybridized carbons (Fsp3) is 0.190. The summed E-state index contributed by atoms with van der Waals surface area (Å²) in [5.41, 5.74) is 0.646. The first-order valence-electron chi connectivity index (χ1n) is 8.96. The van der Waals surface area contributed by atoms with Gasteiger partial charge in [0, 0.05) is 11.3 Å². The number of carbonyl (C=O) groups is 1. The summed E-state index contributed by atoms with van der Waals surface area (Å²) in [4.78, 5) is 12.1. The van der Waals surface area contributed by atoms with Gasteiger partial charge in [-0.2, -0.15) is 13.2 Å². The van der Waals surface area contributed by atoms with E-state index in [1.165, 1.54) is 19.2 Å². The Balaban J connectivity index is 1.60. The molecular formula is C21H18F3N3O3S. The third-order valence-electron chi connectivity index (χ3n) is 4.14. The molecule has 0 aliphatic carbocycles. The maximum Gasteiger partial charge on any atom is 0.416 e. The standard InChI is InChI=1S/C21H18F3N3O3S/c1-29-17-8-6-13(10-18(17)30-2)16-7-9-20(27-26-16)31-12-19(28)25-15-5-3-4-14(11-15)21(22,23)24/h3-11H,12H2,1-2H3,(H,25,28). The molecule has 0 spiro atoms. The summed E-state index contributed by atoms with van der Waals surface area (Å²) in [6.07, 6.45) is -4.47. The van der Waals surface area contributed by atoms with Crippen LogP contribution in [0, 0.1) is 0 Å². The molecule has 3 rings (SSSR count). The molecule has 3 aromatic rings. The lowest BCUT2D eigenvalue weighted by molar-refractivity contribution is -0.137. The third kappa shape index (κ3) is 5.88. The molecular weight excluding hydrogens is 431 g/mol. The predicted octanol–water partition coefficient (Wildman–Crippen LogP) is 4.91. The van der Waals surface area contributed by atoms with Gasteiger partial charge in [0.15, 0.2) is 11.5 Å². The summed E-state index contributed by atoms with van der Waals surface area (Å²) in [6, 6.07) is 13.3. The zero-order chi connectivity index (χ0) is 22.4. The van der Waals surface area contributed by atoms with Crippen molar-refractivity contribution in [2.75, 3.05) is 25.3 Å². The molecule has 1 aromatic heterocycles. The molecule has 0 bridgehead atoms. The number of hydrogen-bond acceptors (Lipinski definition) is 6. The minimum atomic E-state index is -4.47. The molecule has 0 aliphatic rings. The highest BCUT2D eigenvalue weighted by Gasteiger charge is 2.30. The van der Waals surface area contributed by atoms with E-state index in [2.05, 4.69) is 15.5 Å². The maximum absolute atomic E-state index is 12.8. The summed E-state index contributed by atoms with van der Waals surface area (Å²) < 4.78 is 48.8. The summed E-state index contributed by atoms with van der Waals surface area (Å²) in [5.74, 6) is 0.681. The van der Waals surface area contributed by atoms with Crippen molar-refractivity contribution >= 4 is 23.4 Å². The molecule has 0 saturated heterocycles.